The highest BCUT2D eigenvalue weighted by Gasteiger charge is 2.52. The molecule has 2 amide bonds. The fraction of sp³-hybridized carbons (Fsp3) is 0.304. The Balaban J connectivity index is 1.48. The van der Waals surface area contributed by atoms with Gasteiger partial charge in [-0.2, -0.15) is 0 Å². The summed E-state index contributed by atoms with van der Waals surface area (Å²) in [4.78, 5) is 52.9. The van der Waals surface area contributed by atoms with Gasteiger partial charge in [0.15, 0.2) is 0 Å². The van der Waals surface area contributed by atoms with E-state index in [1.807, 2.05) is 6.92 Å². The van der Waals surface area contributed by atoms with Crippen molar-refractivity contribution in [2.45, 2.75) is 31.8 Å². The normalized spacial score (nSPS) is 19.7. The van der Waals surface area contributed by atoms with Crippen LogP contribution < -0.4 is 9.64 Å². The molecule has 0 saturated carbocycles. The maximum absolute atomic E-state index is 13.2. The summed E-state index contributed by atoms with van der Waals surface area (Å²) in [5, 5.41) is 0. The number of rotatable bonds is 5. The second kappa shape index (κ2) is 7.86. The molecule has 2 aromatic rings. The zero-order chi connectivity index (χ0) is 22.2. The predicted molar refractivity (Wildman–Crippen MR) is 111 cm³/mol. The van der Waals surface area contributed by atoms with E-state index in [1.165, 1.54) is 31.4 Å². The van der Waals surface area contributed by atoms with Crippen molar-refractivity contribution in [1.29, 1.82) is 0 Å². The van der Waals surface area contributed by atoms with E-state index in [-0.39, 0.29) is 30.5 Å². The predicted octanol–water partition coefficient (Wildman–Crippen LogP) is 2.77. The molecule has 1 unspecified atom stereocenters. The Hall–Kier alpha value is -3.68. The summed E-state index contributed by atoms with van der Waals surface area (Å²) >= 11 is 0. The van der Waals surface area contributed by atoms with Crippen LogP contribution in [0.3, 0.4) is 0 Å². The summed E-state index contributed by atoms with van der Waals surface area (Å²) in [6.45, 7) is 1.97. The number of esters is 2. The van der Waals surface area contributed by atoms with Crippen LogP contribution in [0.4, 0.5) is 5.69 Å². The van der Waals surface area contributed by atoms with Crippen molar-refractivity contribution in [3.05, 3.63) is 59.7 Å². The summed E-state index contributed by atoms with van der Waals surface area (Å²) in [5.41, 5.74) is 0.591. The number of hydrogen-bond acceptors (Lipinski definition) is 6. The van der Waals surface area contributed by atoms with Gasteiger partial charge in [0.2, 0.25) is 5.91 Å². The molecule has 0 aromatic heterocycles. The highest BCUT2D eigenvalue weighted by molar-refractivity contribution is 6.10. The van der Waals surface area contributed by atoms with Crippen molar-refractivity contribution in [1.82, 2.24) is 4.90 Å². The summed E-state index contributed by atoms with van der Waals surface area (Å²) in [6, 6.07) is 13.0. The topological polar surface area (TPSA) is 93.2 Å². The third-order valence-corrected chi connectivity index (χ3v) is 5.79. The van der Waals surface area contributed by atoms with E-state index >= 15 is 0 Å². The Morgan fingerprint density at radius 3 is 2.48 bits per heavy atom. The second-order valence-electron chi connectivity index (χ2n) is 7.66. The zero-order valence-electron chi connectivity index (χ0n) is 17.3. The molecule has 2 aliphatic heterocycles. The standard InChI is InChI=1S/C23H22N2O6/c1-23-13-11-19(26)25(23)18-6-4-3-5-17(18)21(28)24(23)14-12-20(27)31-16-9-7-15(8-10-16)22(29)30-2/h3-10H,11-14H2,1-2H3. The highest BCUT2D eigenvalue weighted by Crippen LogP contribution is 2.43. The number of para-hydroxylation sites is 1. The van der Waals surface area contributed by atoms with E-state index < -0.39 is 17.6 Å². The van der Waals surface area contributed by atoms with Crippen molar-refractivity contribution in [2.24, 2.45) is 0 Å². The van der Waals surface area contributed by atoms with Gasteiger partial charge in [-0.3, -0.25) is 19.3 Å². The number of ether oxygens (including phenoxy) is 2. The van der Waals surface area contributed by atoms with E-state index in [4.69, 9.17) is 4.74 Å². The van der Waals surface area contributed by atoms with E-state index in [0.717, 1.165) is 0 Å². The first-order chi connectivity index (χ1) is 14.8. The largest absolute Gasteiger partial charge is 0.465 e. The van der Waals surface area contributed by atoms with Gasteiger partial charge >= 0.3 is 11.9 Å². The van der Waals surface area contributed by atoms with Crippen molar-refractivity contribution < 1.29 is 28.7 Å². The molecule has 1 saturated heterocycles. The lowest BCUT2D eigenvalue weighted by Crippen LogP contribution is -2.62. The van der Waals surface area contributed by atoms with Crippen LogP contribution in [0.1, 0.15) is 46.9 Å². The molecule has 160 valence electrons. The number of amides is 2. The van der Waals surface area contributed by atoms with Crippen LogP contribution in [0.2, 0.25) is 0 Å². The lowest BCUT2D eigenvalue weighted by Gasteiger charge is -2.48. The fourth-order valence-electron chi connectivity index (χ4n) is 4.20. The van der Waals surface area contributed by atoms with E-state index in [2.05, 4.69) is 4.74 Å². The smallest absolute Gasteiger partial charge is 0.337 e. The van der Waals surface area contributed by atoms with Crippen molar-refractivity contribution in [3.8, 4) is 5.75 Å². The summed E-state index contributed by atoms with van der Waals surface area (Å²) in [5.74, 6) is -0.959. The summed E-state index contributed by atoms with van der Waals surface area (Å²) < 4.78 is 9.97. The van der Waals surface area contributed by atoms with Gasteiger partial charge in [0.05, 0.1) is 30.3 Å². The van der Waals surface area contributed by atoms with Gasteiger partial charge in [-0.25, -0.2) is 4.79 Å². The van der Waals surface area contributed by atoms with Crippen LogP contribution in [0, 0.1) is 0 Å². The summed E-state index contributed by atoms with van der Waals surface area (Å²) in [6.07, 6.45) is 0.797. The quantitative estimate of drug-likeness (QED) is 0.543. The average molecular weight is 422 g/mol. The molecule has 2 aliphatic rings. The van der Waals surface area contributed by atoms with Crippen molar-refractivity contribution in [2.75, 3.05) is 18.6 Å². The molecular formula is C23H22N2O6. The Morgan fingerprint density at radius 1 is 1.06 bits per heavy atom. The first kappa shape index (κ1) is 20.6. The van der Waals surface area contributed by atoms with Gasteiger partial charge in [-0.15, -0.1) is 0 Å². The van der Waals surface area contributed by atoms with Crippen molar-refractivity contribution in [3.63, 3.8) is 0 Å². The molecule has 0 radical (unpaired) electrons. The summed E-state index contributed by atoms with van der Waals surface area (Å²) in [7, 11) is 1.29. The minimum Gasteiger partial charge on any atom is -0.465 e. The molecule has 1 fully saturated rings. The SMILES string of the molecule is COC(=O)c1ccc(OC(=O)CCN2C(=O)c3ccccc3N3C(=O)CCC23C)cc1. The van der Waals surface area contributed by atoms with Gasteiger partial charge in [-0.1, -0.05) is 12.1 Å². The van der Waals surface area contributed by atoms with E-state index in [0.29, 0.717) is 29.7 Å². The number of methoxy groups -OCH3 is 1. The van der Waals surface area contributed by atoms with Crippen LogP contribution >= 0.6 is 0 Å². The van der Waals surface area contributed by atoms with E-state index in [9.17, 15) is 19.2 Å². The van der Waals surface area contributed by atoms with Crippen LogP contribution in [0.5, 0.6) is 5.75 Å². The van der Waals surface area contributed by atoms with Gasteiger partial charge < -0.3 is 14.4 Å². The van der Waals surface area contributed by atoms with Gasteiger partial charge in [0.1, 0.15) is 11.4 Å². The third kappa shape index (κ3) is 3.54. The number of anilines is 1. The molecule has 1 atom stereocenters. The molecule has 31 heavy (non-hydrogen) atoms. The highest BCUT2D eigenvalue weighted by atomic mass is 16.5. The number of carbonyl (C=O) groups is 4. The molecule has 4 rings (SSSR count). The maximum atomic E-state index is 13.2. The zero-order valence-corrected chi connectivity index (χ0v) is 17.3. The number of hydrogen-bond donors (Lipinski definition) is 0. The molecule has 8 nitrogen and oxygen atoms in total. The molecule has 8 heteroatoms. The minimum absolute atomic E-state index is 0.0374. The maximum Gasteiger partial charge on any atom is 0.337 e. The van der Waals surface area contributed by atoms with Gasteiger partial charge in [0.25, 0.3) is 5.91 Å². The molecule has 0 spiro atoms. The van der Waals surface area contributed by atoms with Crippen LogP contribution in [0.25, 0.3) is 0 Å². The van der Waals surface area contributed by atoms with Crippen LogP contribution in [-0.2, 0) is 14.3 Å². The second-order valence-corrected chi connectivity index (χ2v) is 7.66. The minimum atomic E-state index is -0.815. The van der Waals surface area contributed by atoms with Crippen molar-refractivity contribution >= 4 is 29.4 Å². The fourth-order valence-corrected chi connectivity index (χ4v) is 4.20. The molecule has 0 aliphatic carbocycles. The molecule has 0 bridgehead atoms. The Kier molecular flexibility index (Phi) is 5.22. The van der Waals surface area contributed by atoms with E-state index in [1.54, 1.807) is 34.1 Å². The number of carbonyl (C=O) groups excluding carboxylic acids is 4. The molecular weight excluding hydrogens is 400 g/mol. The lowest BCUT2D eigenvalue weighted by atomic mass is 9.98. The van der Waals surface area contributed by atoms with Gasteiger partial charge in [-0.05, 0) is 49.7 Å². The molecule has 2 heterocycles. The average Bonchev–Trinajstić information content (AvgIpc) is 3.08. The first-order valence-corrected chi connectivity index (χ1v) is 9.98. The number of fused-ring (bicyclic) bond motifs is 3. The Morgan fingerprint density at radius 2 is 1.77 bits per heavy atom. The van der Waals surface area contributed by atoms with Crippen LogP contribution in [-0.4, -0.2) is 48.0 Å². The van der Waals surface area contributed by atoms with Crippen LogP contribution in [0.15, 0.2) is 48.5 Å². The molecule has 2 aromatic carbocycles. The first-order valence-electron chi connectivity index (χ1n) is 9.98. The lowest BCUT2D eigenvalue weighted by molar-refractivity contribution is -0.134. The number of nitrogens with zero attached hydrogens (tertiary/aromatic N) is 2. The molecule has 0 N–H and O–H groups in total. The Bertz CT molecular complexity index is 1060. The number of benzene rings is 2. The monoisotopic (exact) mass is 422 g/mol. The van der Waals surface area contributed by atoms with Gasteiger partial charge in [0, 0.05) is 13.0 Å². The third-order valence-electron chi connectivity index (χ3n) is 5.79. The Labute approximate surface area is 179 Å².